The van der Waals surface area contributed by atoms with Crippen LogP contribution in [-0.2, 0) is 11.2 Å². The summed E-state index contributed by atoms with van der Waals surface area (Å²) in [6.45, 7) is 1.73. The molecule has 1 aliphatic heterocycles. The van der Waals surface area contributed by atoms with Crippen LogP contribution >= 0.6 is 0 Å². The van der Waals surface area contributed by atoms with E-state index in [0.717, 1.165) is 0 Å². The van der Waals surface area contributed by atoms with E-state index in [4.69, 9.17) is 0 Å². The van der Waals surface area contributed by atoms with Gasteiger partial charge in [-0.2, -0.15) is 0 Å². The molecule has 1 aromatic rings. The van der Waals surface area contributed by atoms with Gasteiger partial charge in [-0.25, -0.2) is 4.39 Å². The lowest BCUT2D eigenvalue weighted by atomic mass is 10.1. The number of rotatable bonds is 4. The van der Waals surface area contributed by atoms with Crippen LogP contribution in [0.25, 0.3) is 0 Å². The number of nitrogens with one attached hydrogen (secondary N) is 2. The number of halogens is 1. The molecule has 2 rings (SSSR count). The topological polar surface area (TPSA) is 61.4 Å². The minimum absolute atomic E-state index is 0.0569. The summed E-state index contributed by atoms with van der Waals surface area (Å²) >= 11 is 0. The molecule has 1 amide bonds. The summed E-state index contributed by atoms with van der Waals surface area (Å²) in [6.07, 6.45) is -0.243. The zero-order valence-electron chi connectivity index (χ0n) is 10.0. The molecule has 0 aromatic heterocycles. The second-order valence-electron chi connectivity index (χ2n) is 4.60. The van der Waals surface area contributed by atoms with E-state index in [9.17, 15) is 14.3 Å². The number of β-amino-alcohol motifs (C(OH)–C–C–N with tert-alkyl or cyclic N) is 1. The third kappa shape index (κ3) is 3.51. The number of carbonyl (C=O) groups excluding carboxylic acids is 1. The molecule has 0 aliphatic carbocycles. The van der Waals surface area contributed by atoms with Gasteiger partial charge in [0.1, 0.15) is 5.82 Å². The number of amides is 1. The van der Waals surface area contributed by atoms with E-state index in [1.807, 2.05) is 0 Å². The van der Waals surface area contributed by atoms with Crippen LogP contribution in [0.2, 0.25) is 0 Å². The second kappa shape index (κ2) is 5.93. The lowest BCUT2D eigenvalue weighted by molar-refractivity contribution is -0.120. The van der Waals surface area contributed by atoms with Gasteiger partial charge in [0.05, 0.1) is 12.5 Å². The van der Waals surface area contributed by atoms with Gasteiger partial charge in [-0.15, -0.1) is 0 Å². The van der Waals surface area contributed by atoms with Crippen LogP contribution in [0, 0.1) is 11.7 Å². The minimum Gasteiger partial charge on any atom is -0.391 e. The maximum absolute atomic E-state index is 12.9. The molecule has 1 saturated heterocycles. The number of hydrogen-bond acceptors (Lipinski definition) is 3. The van der Waals surface area contributed by atoms with Crippen molar-refractivity contribution < 1.29 is 14.3 Å². The first-order valence-corrected chi connectivity index (χ1v) is 6.05. The first-order valence-electron chi connectivity index (χ1n) is 6.05. The molecular formula is C13H17FN2O2. The lowest BCUT2D eigenvalue weighted by Crippen LogP contribution is -2.35. The molecule has 0 radical (unpaired) electrons. The molecule has 2 atom stereocenters. The Morgan fingerprint density at radius 2 is 2.33 bits per heavy atom. The van der Waals surface area contributed by atoms with Crippen LogP contribution < -0.4 is 10.6 Å². The van der Waals surface area contributed by atoms with Gasteiger partial charge in [-0.3, -0.25) is 4.79 Å². The van der Waals surface area contributed by atoms with E-state index < -0.39 is 6.10 Å². The molecule has 4 nitrogen and oxygen atoms in total. The zero-order chi connectivity index (χ0) is 13.0. The summed E-state index contributed by atoms with van der Waals surface area (Å²) in [6, 6.07) is 6.00. The van der Waals surface area contributed by atoms with Crippen LogP contribution in [0.15, 0.2) is 24.3 Å². The number of carbonyl (C=O) groups is 1. The molecule has 1 aromatic carbocycles. The lowest BCUT2D eigenvalue weighted by Gasteiger charge is -2.14. The van der Waals surface area contributed by atoms with E-state index in [1.54, 1.807) is 12.1 Å². The Morgan fingerprint density at radius 1 is 1.50 bits per heavy atom. The van der Waals surface area contributed by atoms with Gasteiger partial charge in [0.2, 0.25) is 5.91 Å². The maximum Gasteiger partial charge on any atom is 0.224 e. The molecule has 5 heteroatoms. The Labute approximate surface area is 105 Å². The standard InChI is InChI=1S/C13H17FN2O2/c14-11-3-1-2-9(4-11)5-13(18)16-7-10-6-15-8-12(10)17/h1-4,10,12,15,17H,5-8H2,(H,16,18). The monoisotopic (exact) mass is 252 g/mol. The molecule has 0 saturated carbocycles. The highest BCUT2D eigenvalue weighted by Gasteiger charge is 2.24. The van der Waals surface area contributed by atoms with Gasteiger partial charge in [0.15, 0.2) is 0 Å². The smallest absolute Gasteiger partial charge is 0.224 e. The molecule has 1 aliphatic rings. The average Bonchev–Trinajstić information content (AvgIpc) is 2.72. The quantitative estimate of drug-likeness (QED) is 0.710. The average molecular weight is 252 g/mol. The molecular weight excluding hydrogens is 235 g/mol. The summed E-state index contributed by atoms with van der Waals surface area (Å²) in [5, 5.41) is 15.4. The van der Waals surface area contributed by atoms with Crippen LogP contribution in [0.1, 0.15) is 5.56 Å². The first kappa shape index (κ1) is 13.0. The highest BCUT2D eigenvalue weighted by Crippen LogP contribution is 2.08. The highest BCUT2D eigenvalue weighted by molar-refractivity contribution is 5.78. The molecule has 0 spiro atoms. The summed E-state index contributed by atoms with van der Waals surface area (Å²) in [7, 11) is 0. The van der Waals surface area contributed by atoms with Crippen LogP contribution in [-0.4, -0.2) is 36.8 Å². The minimum atomic E-state index is -0.403. The molecule has 2 unspecified atom stereocenters. The van der Waals surface area contributed by atoms with Crippen LogP contribution in [0.3, 0.4) is 0 Å². The summed E-state index contributed by atoms with van der Waals surface area (Å²) in [5.41, 5.74) is 0.651. The summed E-state index contributed by atoms with van der Waals surface area (Å²) < 4.78 is 12.9. The fourth-order valence-corrected chi connectivity index (χ4v) is 2.07. The summed E-state index contributed by atoms with van der Waals surface area (Å²) in [4.78, 5) is 11.7. The van der Waals surface area contributed by atoms with Crippen molar-refractivity contribution in [3.63, 3.8) is 0 Å². The largest absolute Gasteiger partial charge is 0.391 e. The number of hydrogen-bond donors (Lipinski definition) is 3. The van der Waals surface area contributed by atoms with Crippen molar-refractivity contribution in [2.45, 2.75) is 12.5 Å². The highest BCUT2D eigenvalue weighted by atomic mass is 19.1. The third-order valence-electron chi connectivity index (χ3n) is 3.12. The Balaban J connectivity index is 1.78. The molecule has 3 N–H and O–H groups in total. The van der Waals surface area contributed by atoms with Crippen LogP contribution in [0.5, 0.6) is 0 Å². The zero-order valence-corrected chi connectivity index (χ0v) is 10.0. The number of aliphatic hydroxyl groups excluding tert-OH is 1. The predicted octanol–water partition coefficient (Wildman–Crippen LogP) is 0.0647. The van der Waals surface area contributed by atoms with Gasteiger partial charge >= 0.3 is 0 Å². The molecule has 1 heterocycles. The Morgan fingerprint density at radius 3 is 3.00 bits per heavy atom. The van der Waals surface area contributed by atoms with Crippen molar-refractivity contribution in [2.75, 3.05) is 19.6 Å². The van der Waals surface area contributed by atoms with Crippen molar-refractivity contribution in [3.05, 3.63) is 35.6 Å². The molecule has 0 bridgehead atoms. The van der Waals surface area contributed by atoms with E-state index in [-0.39, 0.29) is 24.1 Å². The first-order chi connectivity index (χ1) is 8.65. The van der Waals surface area contributed by atoms with E-state index in [1.165, 1.54) is 12.1 Å². The molecule has 1 fully saturated rings. The fourth-order valence-electron chi connectivity index (χ4n) is 2.07. The van der Waals surface area contributed by atoms with Gasteiger partial charge in [0.25, 0.3) is 0 Å². The number of benzene rings is 1. The van der Waals surface area contributed by atoms with Crippen molar-refractivity contribution >= 4 is 5.91 Å². The molecule has 18 heavy (non-hydrogen) atoms. The second-order valence-corrected chi connectivity index (χ2v) is 4.60. The van der Waals surface area contributed by atoms with Gasteiger partial charge in [0, 0.05) is 25.6 Å². The third-order valence-corrected chi connectivity index (χ3v) is 3.12. The van der Waals surface area contributed by atoms with Gasteiger partial charge in [-0.05, 0) is 17.7 Å². The van der Waals surface area contributed by atoms with Crippen molar-refractivity contribution in [2.24, 2.45) is 5.92 Å². The Bertz CT molecular complexity index is 425. The van der Waals surface area contributed by atoms with Gasteiger partial charge in [-0.1, -0.05) is 12.1 Å². The van der Waals surface area contributed by atoms with Crippen molar-refractivity contribution in [1.82, 2.24) is 10.6 Å². The van der Waals surface area contributed by atoms with Crippen molar-refractivity contribution in [1.29, 1.82) is 0 Å². The van der Waals surface area contributed by atoms with E-state index in [2.05, 4.69) is 10.6 Å². The van der Waals surface area contributed by atoms with E-state index >= 15 is 0 Å². The predicted molar refractivity (Wildman–Crippen MR) is 65.5 cm³/mol. The summed E-state index contributed by atoms with van der Waals surface area (Å²) in [5.74, 6) is -0.433. The Kier molecular flexibility index (Phi) is 4.28. The Hall–Kier alpha value is -1.46. The molecule has 98 valence electrons. The van der Waals surface area contributed by atoms with Crippen LogP contribution in [0.4, 0.5) is 4.39 Å². The van der Waals surface area contributed by atoms with Gasteiger partial charge < -0.3 is 15.7 Å². The normalized spacial score (nSPS) is 23.0. The van der Waals surface area contributed by atoms with E-state index in [0.29, 0.717) is 25.2 Å². The van der Waals surface area contributed by atoms with Crippen molar-refractivity contribution in [3.8, 4) is 0 Å². The fraction of sp³-hybridized carbons (Fsp3) is 0.462. The maximum atomic E-state index is 12.9. The number of aliphatic hydroxyl groups is 1. The SMILES string of the molecule is O=C(Cc1cccc(F)c1)NCC1CNCC1O.